The maximum Gasteiger partial charge on any atom is 0.328 e. The summed E-state index contributed by atoms with van der Waals surface area (Å²) in [6.07, 6.45) is 9.65. The van der Waals surface area contributed by atoms with Gasteiger partial charge >= 0.3 is 5.69 Å². The van der Waals surface area contributed by atoms with E-state index in [-0.39, 0.29) is 29.6 Å². The number of aromatic nitrogens is 4. The number of fused-ring (bicyclic) bond motifs is 2. The standard InChI is InChI=1S/C23H28FN7O3/c1-23-11-13(24)5-6-17(23)25-12-30(23)21-28-19(26-15-3-2-4-16(15)32)18-20(29-21)31(22(33)27-18)14-7-9-34-10-8-14/h5-6,11-12,14-17,32H,2-4,7-10H2,1H3,(H,27,33)(H,26,28,29)/t15-,16+,17?,23?/m1/s1. The normalized spacial score (nSPS) is 31.3. The van der Waals surface area contributed by atoms with E-state index in [4.69, 9.17) is 14.7 Å². The monoisotopic (exact) mass is 469 g/mol. The Bertz CT molecular complexity index is 1260. The largest absolute Gasteiger partial charge is 0.391 e. The maximum atomic E-state index is 14.3. The van der Waals surface area contributed by atoms with Gasteiger partial charge in [-0.2, -0.15) is 9.97 Å². The van der Waals surface area contributed by atoms with Crippen molar-refractivity contribution >= 4 is 29.3 Å². The Balaban J connectivity index is 1.50. The Morgan fingerprint density at radius 2 is 2.09 bits per heavy atom. The van der Waals surface area contributed by atoms with Crippen LogP contribution in [0, 0.1) is 0 Å². The third-order valence-electron chi connectivity index (χ3n) is 7.46. The van der Waals surface area contributed by atoms with Crippen LogP contribution in [0.2, 0.25) is 0 Å². The molecule has 3 N–H and O–H groups in total. The molecule has 11 heteroatoms. The molecule has 2 aromatic rings. The van der Waals surface area contributed by atoms with E-state index in [1.54, 1.807) is 21.9 Å². The summed E-state index contributed by atoms with van der Waals surface area (Å²) in [4.78, 5) is 31.9. The highest BCUT2D eigenvalue weighted by atomic mass is 19.1. The van der Waals surface area contributed by atoms with Crippen LogP contribution < -0.4 is 15.9 Å². The summed E-state index contributed by atoms with van der Waals surface area (Å²) in [5.41, 5.74) is -0.0822. The molecule has 0 spiro atoms. The van der Waals surface area contributed by atoms with Gasteiger partial charge < -0.3 is 20.1 Å². The first-order valence-corrected chi connectivity index (χ1v) is 11.9. The number of anilines is 2. The molecule has 1 saturated heterocycles. The smallest absolute Gasteiger partial charge is 0.328 e. The van der Waals surface area contributed by atoms with Gasteiger partial charge in [-0.15, -0.1) is 0 Å². The minimum atomic E-state index is -0.809. The lowest BCUT2D eigenvalue weighted by Gasteiger charge is -2.35. The number of halogens is 1. The average Bonchev–Trinajstić information content (AvgIpc) is 3.48. The summed E-state index contributed by atoms with van der Waals surface area (Å²) in [6, 6.07) is -0.497. The van der Waals surface area contributed by atoms with Crippen LogP contribution in [0.3, 0.4) is 0 Å². The lowest BCUT2D eigenvalue weighted by atomic mass is 9.88. The number of hydrogen-bond donors (Lipinski definition) is 3. The first-order chi connectivity index (χ1) is 16.4. The number of nitrogens with one attached hydrogen (secondary N) is 2. The SMILES string of the molecule is CC12C=C(F)C=CC1N=CN2c1nc(N[C@@H]2CCC[C@@H]2O)c2[nH]c(=O)n(C3CCOCC3)c2n1. The number of nitrogens with zero attached hydrogens (tertiary/aromatic N) is 5. The van der Waals surface area contributed by atoms with Crippen molar-refractivity contribution in [3.05, 3.63) is 34.5 Å². The van der Waals surface area contributed by atoms with Gasteiger partial charge in [0.25, 0.3) is 0 Å². The Hall–Kier alpha value is -3.05. The number of allylic oxidation sites excluding steroid dienone is 2. The van der Waals surface area contributed by atoms with Crippen LogP contribution in [0.1, 0.15) is 45.1 Å². The zero-order chi connectivity index (χ0) is 23.4. The average molecular weight is 470 g/mol. The number of H-pyrrole nitrogens is 1. The minimum absolute atomic E-state index is 0.0480. The Morgan fingerprint density at radius 1 is 1.26 bits per heavy atom. The molecule has 2 aromatic heterocycles. The molecule has 0 radical (unpaired) electrons. The molecule has 180 valence electrons. The quantitative estimate of drug-likeness (QED) is 0.628. The van der Waals surface area contributed by atoms with Crippen molar-refractivity contribution in [3.63, 3.8) is 0 Å². The van der Waals surface area contributed by atoms with Gasteiger partial charge in [-0.05, 0) is 51.2 Å². The van der Waals surface area contributed by atoms with Crippen molar-refractivity contribution in [1.82, 2.24) is 19.5 Å². The molecule has 2 aliphatic heterocycles. The Labute approximate surface area is 195 Å². The van der Waals surface area contributed by atoms with Crippen molar-refractivity contribution in [2.24, 2.45) is 4.99 Å². The topological polar surface area (TPSA) is 121 Å². The maximum absolute atomic E-state index is 14.3. The highest BCUT2D eigenvalue weighted by Crippen LogP contribution is 2.37. The Kier molecular flexibility index (Phi) is 5.07. The molecule has 0 amide bonds. The fourth-order valence-electron chi connectivity index (χ4n) is 5.50. The van der Waals surface area contributed by atoms with Gasteiger partial charge in [0.15, 0.2) is 11.5 Å². The second kappa shape index (κ2) is 8.02. The van der Waals surface area contributed by atoms with Crippen LogP contribution in [-0.4, -0.2) is 67.9 Å². The molecular weight excluding hydrogens is 441 g/mol. The molecule has 4 atom stereocenters. The van der Waals surface area contributed by atoms with Gasteiger partial charge in [-0.3, -0.25) is 14.5 Å². The van der Waals surface area contributed by atoms with Crippen molar-refractivity contribution in [3.8, 4) is 0 Å². The van der Waals surface area contributed by atoms with E-state index in [9.17, 15) is 14.3 Å². The van der Waals surface area contributed by atoms with Crippen LogP contribution in [0.25, 0.3) is 11.2 Å². The molecule has 6 rings (SSSR count). The number of aliphatic hydroxyl groups is 1. The van der Waals surface area contributed by atoms with Crippen molar-refractivity contribution in [1.29, 1.82) is 0 Å². The van der Waals surface area contributed by atoms with E-state index in [0.717, 1.165) is 12.8 Å². The third-order valence-corrected chi connectivity index (χ3v) is 7.46. The van der Waals surface area contributed by atoms with Gasteiger partial charge in [0.2, 0.25) is 5.95 Å². The van der Waals surface area contributed by atoms with E-state index < -0.39 is 11.6 Å². The number of hydrogen-bond acceptors (Lipinski definition) is 8. The summed E-state index contributed by atoms with van der Waals surface area (Å²) >= 11 is 0. The number of aliphatic hydroxyl groups excluding tert-OH is 1. The summed E-state index contributed by atoms with van der Waals surface area (Å²) < 4.78 is 21.4. The fraction of sp³-hybridized carbons (Fsp3) is 0.565. The second-order valence-corrected chi connectivity index (χ2v) is 9.66. The number of aromatic amines is 1. The predicted octanol–water partition coefficient (Wildman–Crippen LogP) is 2.20. The molecule has 1 saturated carbocycles. The van der Waals surface area contributed by atoms with E-state index in [0.29, 0.717) is 55.4 Å². The zero-order valence-corrected chi connectivity index (χ0v) is 18.9. The van der Waals surface area contributed by atoms with Gasteiger partial charge in [0.1, 0.15) is 11.3 Å². The number of ether oxygens (including phenoxy) is 1. The summed E-state index contributed by atoms with van der Waals surface area (Å²) in [6.45, 7) is 3.05. The minimum Gasteiger partial charge on any atom is -0.391 e. The molecule has 34 heavy (non-hydrogen) atoms. The van der Waals surface area contributed by atoms with E-state index in [2.05, 4.69) is 15.3 Å². The lowest BCUT2D eigenvalue weighted by molar-refractivity contribution is 0.0697. The van der Waals surface area contributed by atoms with Gasteiger partial charge in [0, 0.05) is 19.3 Å². The number of rotatable bonds is 4. The van der Waals surface area contributed by atoms with Gasteiger partial charge in [0.05, 0.1) is 30.1 Å². The molecule has 10 nitrogen and oxygen atoms in total. The molecular formula is C23H28FN7O3. The van der Waals surface area contributed by atoms with E-state index in [1.165, 1.54) is 12.2 Å². The first-order valence-electron chi connectivity index (χ1n) is 11.9. The lowest BCUT2D eigenvalue weighted by Crippen LogP contribution is -2.48. The Morgan fingerprint density at radius 3 is 2.85 bits per heavy atom. The van der Waals surface area contributed by atoms with Crippen LogP contribution in [0.5, 0.6) is 0 Å². The van der Waals surface area contributed by atoms with Crippen LogP contribution in [0.15, 0.2) is 33.8 Å². The molecule has 2 fully saturated rings. The summed E-state index contributed by atoms with van der Waals surface area (Å²) in [5.74, 6) is 0.420. The summed E-state index contributed by atoms with van der Waals surface area (Å²) in [7, 11) is 0. The van der Waals surface area contributed by atoms with E-state index >= 15 is 0 Å². The highest BCUT2D eigenvalue weighted by molar-refractivity contribution is 5.89. The second-order valence-electron chi connectivity index (χ2n) is 9.66. The molecule has 4 aliphatic rings. The van der Waals surface area contributed by atoms with Crippen molar-refractivity contribution < 1.29 is 14.2 Å². The summed E-state index contributed by atoms with van der Waals surface area (Å²) in [5, 5.41) is 13.8. The fourth-order valence-corrected chi connectivity index (χ4v) is 5.50. The van der Waals surface area contributed by atoms with Crippen molar-refractivity contribution in [2.75, 3.05) is 23.4 Å². The van der Waals surface area contributed by atoms with Crippen LogP contribution in [0.4, 0.5) is 16.2 Å². The van der Waals surface area contributed by atoms with Gasteiger partial charge in [-0.1, -0.05) is 6.08 Å². The highest BCUT2D eigenvalue weighted by Gasteiger charge is 2.44. The third kappa shape index (κ3) is 3.37. The number of aliphatic imine (C=N–C) groups is 1. The van der Waals surface area contributed by atoms with Crippen molar-refractivity contribution in [2.45, 2.75) is 68.8 Å². The molecule has 0 bridgehead atoms. The van der Waals surface area contributed by atoms with E-state index in [1.807, 2.05) is 6.92 Å². The van der Waals surface area contributed by atoms with Crippen LogP contribution >= 0.6 is 0 Å². The molecule has 2 unspecified atom stereocenters. The zero-order valence-electron chi connectivity index (χ0n) is 18.9. The molecule has 4 heterocycles. The first kappa shape index (κ1) is 21.5. The predicted molar refractivity (Wildman–Crippen MR) is 126 cm³/mol. The van der Waals surface area contributed by atoms with Gasteiger partial charge in [-0.25, -0.2) is 9.18 Å². The van der Waals surface area contributed by atoms with Crippen LogP contribution in [-0.2, 0) is 4.74 Å². The molecule has 0 aromatic carbocycles. The number of imidazole rings is 1. The molecule has 2 aliphatic carbocycles.